The average molecular weight is 817 g/mol. The summed E-state index contributed by atoms with van der Waals surface area (Å²) in [4.78, 5) is 8.41. The normalized spacial score (nSPS) is 11.1. The molecule has 8 aromatic carbocycles. The van der Waals surface area contributed by atoms with E-state index in [-0.39, 0.29) is 0 Å². The second-order valence-electron chi connectivity index (χ2n) is 15.6. The van der Waals surface area contributed by atoms with Gasteiger partial charge in [-0.1, -0.05) is 109 Å². The minimum atomic E-state index is 0.506. The largest absolute Gasteiger partial charge is 0.494 e. The molecule has 0 bridgehead atoms. The van der Waals surface area contributed by atoms with Crippen LogP contribution in [-0.2, 0) is 6.42 Å². The molecule has 0 heterocycles. The van der Waals surface area contributed by atoms with Crippen LogP contribution in [0.2, 0.25) is 0 Å². The monoisotopic (exact) mass is 816 g/mol. The minimum absolute atomic E-state index is 0.506. The molecule has 0 saturated carbocycles. The average Bonchev–Trinajstić information content (AvgIpc) is 3.32. The predicted molar refractivity (Wildman–Crippen MR) is 265 cm³/mol. The lowest BCUT2D eigenvalue weighted by atomic mass is 9.97. The zero-order valence-electron chi connectivity index (χ0n) is 36.1. The van der Waals surface area contributed by atoms with Crippen LogP contribution in [0.25, 0.3) is 39.9 Å². The third-order valence-electron chi connectivity index (χ3n) is 11.2. The summed E-state index contributed by atoms with van der Waals surface area (Å²) in [5.74, 6) is 0.841. The van der Waals surface area contributed by atoms with Gasteiger partial charge >= 0.3 is 0 Å². The molecule has 0 aliphatic heterocycles. The van der Waals surface area contributed by atoms with Gasteiger partial charge in [-0.25, -0.2) is 4.85 Å². The Morgan fingerprint density at radius 3 is 1.33 bits per heavy atom. The zero-order chi connectivity index (χ0) is 43.7. The number of anilines is 6. The molecule has 0 aliphatic rings. The fourth-order valence-corrected chi connectivity index (χ4v) is 7.74. The molecule has 63 heavy (non-hydrogen) atoms. The highest BCUT2D eigenvalue weighted by atomic mass is 16.5. The Labute approximate surface area is 371 Å². The summed E-state index contributed by atoms with van der Waals surface area (Å²) in [6.45, 7) is 17.1. The Bertz CT molecular complexity index is 2990. The third kappa shape index (κ3) is 9.60. The topological polar surface area (TPSA) is 43.9 Å². The van der Waals surface area contributed by atoms with Crippen LogP contribution >= 0.6 is 0 Å². The van der Waals surface area contributed by atoms with Crippen molar-refractivity contribution in [3.8, 4) is 11.8 Å². The number of hydrogen-bond donors (Lipinski definition) is 0. The van der Waals surface area contributed by atoms with Crippen molar-refractivity contribution >= 4 is 74.9 Å². The third-order valence-corrected chi connectivity index (χ3v) is 11.2. The Kier molecular flexibility index (Phi) is 12.6. The quantitative estimate of drug-likeness (QED) is 0.0859. The molecule has 306 valence electrons. The molecule has 0 fully saturated rings. The first-order valence-corrected chi connectivity index (χ1v) is 21.3. The second kappa shape index (κ2) is 19.1. The van der Waals surface area contributed by atoms with Gasteiger partial charge in [0.25, 0.3) is 0 Å². The highest BCUT2D eigenvalue weighted by Gasteiger charge is 2.15. The van der Waals surface area contributed by atoms with E-state index in [0.717, 1.165) is 79.3 Å². The van der Waals surface area contributed by atoms with Crippen LogP contribution in [0, 0.1) is 31.8 Å². The standard InChI is InChI=1S/C58H48N4O/c1-6-43-16-26-51(27-17-43)61(49-22-8-41(3)9-23-49)52-28-20-45(21-29-52)13-15-47-37-56-48(40-59)36-46(38-57(56)58(39-47)60-5)14-12-44-18-30-53(31-19-44)62(50-24-10-42(4)11-25-50)54-32-34-55(35-33-54)63-7-2/h8-39H,6-7H2,1-4H3/b14-12-,15-13-. The number of fused-ring (bicyclic) bond motifs is 1. The van der Waals surface area contributed by atoms with E-state index in [2.05, 4.69) is 181 Å². The lowest BCUT2D eigenvalue weighted by molar-refractivity contribution is 0.340. The van der Waals surface area contributed by atoms with Gasteiger partial charge in [-0.05, 0) is 169 Å². The molecule has 0 spiro atoms. The summed E-state index contributed by atoms with van der Waals surface area (Å²) in [6, 6.07) is 61.1. The van der Waals surface area contributed by atoms with Gasteiger partial charge < -0.3 is 14.5 Å². The van der Waals surface area contributed by atoms with Gasteiger partial charge in [0.05, 0.1) is 24.8 Å². The highest BCUT2D eigenvalue weighted by molar-refractivity contribution is 6.01. The van der Waals surface area contributed by atoms with Crippen molar-refractivity contribution in [2.24, 2.45) is 0 Å². The van der Waals surface area contributed by atoms with Crippen LogP contribution in [0.3, 0.4) is 0 Å². The van der Waals surface area contributed by atoms with Crippen molar-refractivity contribution in [3.63, 3.8) is 0 Å². The van der Waals surface area contributed by atoms with Crippen molar-refractivity contribution in [1.29, 1.82) is 5.26 Å². The molecule has 0 aromatic heterocycles. The maximum Gasteiger partial charge on any atom is 0.195 e. The van der Waals surface area contributed by atoms with Gasteiger partial charge in [-0.15, -0.1) is 0 Å². The molecule has 0 N–H and O–H groups in total. The van der Waals surface area contributed by atoms with Gasteiger partial charge in [0, 0.05) is 34.1 Å². The lowest BCUT2D eigenvalue weighted by Crippen LogP contribution is -2.09. The molecule has 5 heteroatoms. The van der Waals surface area contributed by atoms with Crippen molar-refractivity contribution < 1.29 is 4.74 Å². The van der Waals surface area contributed by atoms with Crippen LogP contribution in [-0.4, -0.2) is 6.61 Å². The van der Waals surface area contributed by atoms with E-state index < -0.39 is 0 Å². The Morgan fingerprint density at radius 2 is 0.905 bits per heavy atom. The molecule has 0 radical (unpaired) electrons. The van der Waals surface area contributed by atoms with E-state index in [0.29, 0.717) is 17.9 Å². The van der Waals surface area contributed by atoms with Crippen molar-refractivity contribution in [3.05, 3.63) is 226 Å². The Balaban J connectivity index is 1.03. The number of ether oxygens (including phenoxy) is 1. The van der Waals surface area contributed by atoms with Crippen LogP contribution in [0.15, 0.2) is 170 Å². The van der Waals surface area contributed by atoms with Gasteiger partial charge in [0.1, 0.15) is 5.75 Å². The van der Waals surface area contributed by atoms with Crippen molar-refractivity contribution in [2.75, 3.05) is 16.4 Å². The van der Waals surface area contributed by atoms with E-state index in [1.54, 1.807) is 0 Å². The molecule has 0 amide bonds. The first kappa shape index (κ1) is 41.6. The molecule has 0 saturated heterocycles. The van der Waals surface area contributed by atoms with E-state index >= 15 is 0 Å². The van der Waals surface area contributed by atoms with Gasteiger partial charge in [-0.3, -0.25) is 0 Å². The van der Waals surface area contributed by atoms with Crippen LogP contribution < -0.4 is 14.5 Å². The van der Waals surface area contributed by atoms with Crippen LogP contribution in [0.4, 0.5) is 39.8 Å². The number of rotatable bonds is 13. The number of nitrogens with zero attached hydrogens (tertiary/aromatic N) is 4. The Hall–Kier alpha value is -8.12. The fraction of sp³-hybridized carbons (Fsp3) is 0.103. The summed E-state index contributed by atoms with van der Waals surface area (Å²) < 4.78 is 5.70. The predicted octanol–water partition coefficient (Wildman–Crippen LogP) is 16.1. The number of aryl methyl sites for hydroxylation is 3. The number of nitriles is 1. The van der Waals surface area contributed by atoms with Crippen LogP contribution in [0.1, 0.15) is 58.4 Å². The van der Waals surface area contributed by atoms with E-state index in [9.17, 15) is 5.26 Å². The molecule has 8 rings (SSSR count). The van der Waals surface area contributed by atoms with E-state index in [1.807, 2.05) is 61.5 Å². The van der Waals surface area contributed by atoms with E-state index in [4.69, 9.17) is 11.3 Å². The molecule has 8 aromatic rings. The summed E-state index contributed by atoms with van der Waals surface area (Å²) in [6.07, 6.45) is 9.11. The van der Waals surface area contributed by atoms with Crippen LogP contribution in [0.5, 0.6) is 5.75 Å². The molecule has 0 aliphatic carbocycles. The number of benzene rings is 8. The maximum absolute atomic E-state index is 10.3. The molecular formula is C58H48N4O. The molecule has 5 nitrogen and oxygen atoms in total. The molecule has 0 atom stereocenters. The van der Waals surface area contributed by atoms with E-state index in [1.165, 1.54) is 16.7 Å². The Morgan fingerprint density at radius 1 is 0.508 bits per heavy atom. The highest BCUT2D eigenvalue weighted by Crippen LogP contribution is 2.38. The first-order chi connectivity index (χ1) is 30.8. The SMILES string of the molecule is [C-]#[N+]c1cc(/C=C\c2ccc(N(c3ccc(C)cc3)c3ccc(CC)cc3)cc2)cc2c(C#N)cc(/C=C\c3ccc(N(c4ccc(C)cc4)c4ccc(OCC)cc4)cc3)cc12. The second-order valence-corrected chi connectivity index (χ2v) is 15.6. The fourth-order valence-electron chi connectivity index (χ4n) is 7.74. The smallest absolute Gasteiger partial charge is 0.195 e. The van der Waals surface area contributed by atoms with Gasteiger partial charge in [0.15, 0.2) is 5.69 Å². The van der Waals surface area contributed by atoms with Gasteiger partial charge in [-0.2, -0.15) is 5.26 Å². The summed E-state index contributed by atoms with van der Waals surface area (Å²) >= 11 is 0. The van der Waals surface area contributed by atoms with Crippen molar-refractivity contribution in [2.45, 2.75) is 34.1 Å². The van der Waals surface area contributed by atoms with Gasteiger partial charge in [0.2, 0.25) is 0 Å². The molecule has 0 unspecified atom stereocenters. The first-order valence-electron chi connectivity index (χ1n) is 21.3. The molecular weight excluding hydrogens is 769 g/mol. The van der Waals surface area contributed by atoms with Crippen molar-refractivity contribution in [1.82, 2.24) is 0 Å². The minimum Gasteiger partial charge on any atom is -0.494 e. The summed E-state index contributed by atoms with van der Waals surface area (Å²) in [5, 5.41) is 11.8. The summed E-state index contributed by atoms with van der Waals surface area (Å²) in [7, 11) is 0. The summed E-state index contributed by atoms with van der Waals surface area (Å²) in [5.41, 5.74) is 14.9. The number of hydrogen-bond acceptors (Lipinski definition) is 4. The zero-order valence-corrected chi connectivity index (χ0v) is 36.1. The maximum atomic E-state index is 10.3. The lowest BCUT2D eigenvalue weighted by Gasteiger charge is -2.26.